The van der Waals surface area contributed by atoms with Crippen LogP contribution in [0.25, 0.3) is 11.0 Å². The van der Waals surface area contributed by atoms with Crippen LogP contribution in [0.1, 0.15) is 63.1 Å². The monoisotopic (exact) mass is 614 g/mol. The third-order valence-corrected chi connectivity index (χ3v) is 8.19. The van der Waals surface area contributed by atoms with Gasteiger partial charge in [-0.1, -0.05) is 0 Å². The van der Waals surface area contributed by atoms with Crippen molar-refractivity contribution in [1.82, 2.24) is 24.2 Å². The Labute approximate surface area is 259 Å². The number of hydrogen-bond donors (Lipinski definition) is 5. The van der Waals surface area contributed by atoms with Crippen molar-refractivity contribution < 1.29 is 19.2 Å². The number of likely N-dealkylation sites (tertiary alicyclic amines) is 1. The minimum absolute atomic E-state index is 0.0377. The van der Waals surface area contributed by atoms with E-state index in [-0.39, 0.29) is 18.4 Å². The Hall–Kier alpha value is -5.40. The summed E-state index contributed by atoms with van der Waals surface area (Å²) in [6.07, 6.45) is 2.47. The standard InChI is InChI=1S/C31H38N10O4/c1-3-41-26(14-18(2)38-41)30(45)37-31-36-24-16-21(29(34)44)5-7-25(24)40(31)13-10-19-8-11-39(12-9-19)27(42)17-35-23-6-4-20(28(33)43)15-22(23)32/h4-7,14-16,19,35H,3,8-13,17,32H2,1-2H3,(H2,33,43)(H2,34,44)(H,36,37,45). The van der Waals surface area contributed by atoms with Crippen molar-refractivity contribution in [3.63, 3.8) is 0 Å². The van der Waals surface area contributed by atoms with Crippen LogP contribution in [0.5, 0.6) is 0 Å². The first kappa shape index (κ1) is 31.0. The molecule has 1 fully saturated rings. The number of nitrogens with zero attached hydrogens (tertiary/aromatic N) is 5. The van der Waals surface area contributed by atoms with Crippen molar-refractivity contribution in [3.05, 3.63) is 65.0 Å². The van der Waals surface area contributed by atoms with Crippen LogP contribution >= 0.6 is 0 Å². The molecule has 1 aliphatic rings. The zero-order chi connectivity index (χ0) is 32.2. The minimum Gasteiger partial charge on any atom is -0.397 e. The van der Waals surface area contributed by atoms with E-state index in [4.69, 9.17) is 17.2 Å². The Kier molecular flexibility index (Phi) is 9.02. The fraction of sp³-hybridized carbons (Fsp3) is 0.355. The molecule has 14 heteroatoms. The Balaban J connectivity index is 1.22. The molecule has 0 bridgehead atoms. The van der Waals surface area contributed by atoms with Gasteiger partial charge in [-0.2, -0.15) is 5.10 Å². The number of imidazole rings is 1. The summed E-state index contributed by atoms with van der Waals surface area (Å²) in [4.78, 5) is 55.8. The Bertz CT molecular complexity index is 1770. The SMILES string of the molecule is CCn1nc(C)cc1C(=O)Nc1nc2cc(C(N)=O)ccc2n1CCC1CCN(C(=O)CNc2ccc(C(N)=O)cc2N)CC1. The van der Waals surface area contributed by atoms with Crippen LogP contribution in [-0.4, -0.2) is 67.5 Å². The predicted molar refractivity (Wildman–Crippen MR) is 171 cm³/mol. The molecular weight excluding hydrogens is 576 g/mol. The number of rotatable bonds is 11. The zero-order valence-electron chi connectivity index (χ0n) is 25.4. The number of nitrogens with two attached hydrogens (primary N) is 3. The molecule has 3 heterocycles. The molecule has 0 saturated carbocycles. The number of aromatic nitrogens is 4. The lowest BCUT2D eigenvalue weighted by molar-refractivity contribution is -0.130. The summed E-state index contributed by atoms with van der Waals surface area (Å²) < 4.78 is 3.59. The van der Waals surface area contributed by atoms with Crippen LogP contribution in [0, 0.1) is 12.8 Å². The summed E-state index contributed by atoms with van der Waals surface area (Å²) in [6.45, 7) is 6.20. The lowest BCUT2D eigenvalue weighted by Crippen LogP contribution is -2.41. The maximum absolute atomic E-state index is 13.3. The molecule has 4 aromatic rings. The molecule has 0 spiro atoms. The molecule has 236 valence electrons. The van der Waals surface area contributed by atoms with E-state index in [1.807, 2.05) is 23.3 Å². The number of aryl methyl sites for hydroxylation is 3. The number of nitrogens with one attached hydrogen (secondary N) is 2. The second-order valence-electron chi connectivity index (χ2n) is 11.2. The second-order valence-corrected chi connectivity index (χ2v) is 11.2. The number of benzene rings is 2. The third-order valence-electron chi connectivity index (χ3n) is 8.19. The highest BCUT2D eigenvalue weighted by Gasteiger charge is 2.24. The molecule has 0 radical (unpaired) electrons. The predicted octanol–water partition coefficient (Wildman–Crippen LogP) is 2.33. The normalized spacial score (nSPS) is 13.6. The molecule has 1 saturated heterocycles. The topological polar surface area (TPSA) is 209 Å². The van der Waals surface area contributed by atoms with Crippen LogP contribution in [0.3, 0.4) is 0 Å². The summed E-state index contributed by atoms with van der Waals surface area (Å²) in [6, 6.07) is 11.5. The number of hydrogen-bond acceptors (Lipinski definition) is 8. The Morgan fingerprint density at radius 2 is 1.67 bits per heavy atom. The van der Waals surface area contributed by atoms with E-state index in [1.54, 1.807) is 41.1 Å². The summed E-state index contributed by atoms with van der Waals surface area (Å²) in [5.74, 6) is -0.754. The van der Waals surface area contributed by atoms with Gasteiger partial charge in [-0.3, -0.25) is 29.2 Å². The molecular formula is C31H38N10O4. The summed E-state index contributed by atoms with van der Waals surface area (Å²) in [7, 11) is 0. The number of anilines is 3. The first-order valence-electron chi connectivity index (χ1n) is 14.9. The highest BCUT2D eigenvalue weighted by atomic mass is 16.2. The van der Waals surface area contributed by atoms with E-state index >= 15 is 0 Å². The van der Waals surface area contributed by atoms with Gasteiger partial charge in [0.2, 0.25) is 23.7 Å². The van der Waals surface area contributed by atoms with Crippen molar-refractivity contribution in [2.45, 2.75) is 46.2 Å². The van der Waals surface area contributed by atoms with E-state index in [0.717, 1.165) is 30.5 Å². The molecule has 8 N–H and O–H groups in total. The number of fused-ring (bicyclic) bond motifs is 1. The number of carbonyl (C=O) groups is 4. The zero-order valence-corrected chi connectivity index (χ0v) is 25.4. The first-order valence-corrected chi connectivity index (χ1v) is 14.9. The molecule has 4 amide bonds. The molecule has 0 atom stereocenters. The summed E-state index contributed by atoms with van der Waals surface area (Å²) in [5.41, 5.74) is 20.8. The van der Waals surface area contributed by atoms with E-state index in [2.05, 4.69) is 20.7 Å². The first-order chi connectivity index (χ1) is 21.5. The summed E-state index contributed by atoms with van der Waals surface area (Å²) in [5, 5.41) is 10.4. The van der Waals surface area contributed by atoms with Gasteiger partial charge in [0.1, 0.15) is 5.69 Å². The van der Waals surface area contributed by atoms with Gasteiger partial charge < -0.3 is 32.0 Å². The average molecular weight is 615 g/mol. The minimum atomic E-state index is -0.568. The van der Waals surface area contributed by atoms with E-state index in [1.165, 1.54) is 6.07 Å². The lowest BCUT2D eigenvalue weighted by Gasteiger charge is -2.32. The van der Waals surface area contributed by atoms with Crippen molar-refractivity contribution >= 4 is 52.0 Å². The van der Waals surface area contributed by atoms with Crippen molar-refractivity contribution in [2.75, 3.05) is 36.0 Å². The molecule has 14 nitrogen and oxygen atoms in total. The molecule has 2 aromatic carbocycles. The van der Waals surface area contributed by atoms with Gasteiger partial charge in [0.15, 0.2) is 0 Å². The van der Waals surface area contributed by atoms with Gasteiger partial charge in [-0.15, -0.1) is 0 Å². The number of piperidine rings is 1. The second kappa shape index (κ2) is 13.1. The number of amides is 4. The van der Waals surface area contributed by atoms with Gasteiger partial charge in [0.05, 0.1) is 34.6 Å². The van der Waals surface area contributed by atoms with E-state index in [0.29, 0.717) is 71.8 Å². The highest BCUT2D eigenvalue weighted by Crippen LogP contribution is 2.27. The summed E-state index contributed by atoms with van der Waals surface area (Å²) >= 11 is 0. The quantitative estimate of drug-likeness (QED) is 0.158. The van der Waals surface area contributed by atoms with Crippen molar-refractivity contribution in [2.24, 2.45) is 17.4 Å². The van der Waals surface area contributed by atoms with E-state index < -0.39 is 11.8 Å². The number of nitrogen functional groups attached to an aromatic ring is 1. The fourth-order valence-electron chi connectivity index (χ4n) is 5.68. The van der Waals surface area contributed by atoms with Gasteiger partial charge in [-0.25, -0.2) is 4.98 Å². The Morgan fingerprint density at radius 3 is 2.33 bits per heavy atom. The highest BCUT2D eigenvalue weighted by molar-refractivity contribution is 6.03. The molecule has 0 aliphatic carbocycles. The number of primary amides is 2. The maximum atomic E-state index is 13.3. The van der Waals surface area contributed by atoms with Crippen LogP contribution in [0.15, 0.2) is 42.5 Å². The lowest BCUT2D eigenvalue weighted by atomic mass is 9.93. The van der Waals surface area contributed by atoms with Crippen LogP contribution < -0.4 is 27.8 Å². The van der Waals surface area contributed by atoms with Crippen LogP contribution in [0.2, 0.25) is 0 Å². The fourth-order valence-corrected chi connectivity index (χ4v) is 5.68. The van der Waals surface area contributed by atoms with Gasteiger partial charge in [0, 0.05) is 37.3 Å². The largest absolute Gasteiger partial charge is 0.397 e. The molecule has 1 aliphatic heterocycles. The molecule has 2 aromatic heterocycles. The van der Waals surface area contributed by atoms with E-state index in [9.17, 15) is 19.2 Å². The molecule has 45 heavy (non-hydrogen) atoms. The number of carbonyl (C=O) groups excluding carboxylic acids is 4. The van der Waals surface area contributed by atoms with Crippen LogP contribution in [0.4, 0.5) is 17.3 Å². The molecule has 5 rings (SSSR count). The maximum Gasteiger partial charge on any atom is 0.276 e. The Morgan fingerprint density at radius 1 is 0.978 bits per heavy atom. The van der Waals surface area contributed by atoms with Crippen molar-refractivity contribution in [1.29, 1.82) is 0 Å². The van der Waals surface area contributed by atoms with Gasteiger partial charge in [0.25, 0.3) is 5.91 Å². The van der Waals surface area contributed by atoms with Gasteiger partial charge in [-0.05, 0) is 81.5 Å². The molecule has 0 unspecified atom stereocenters. The smallest absolute Gasteiger partial charge is 0.276 e. The van der Waals surface area contributed by atoms with Crippen LogP contribution in [-0.2, 0) is 17.9 Å². The third kappa shape index (κ3) is 6.89. The average Bonchev–Trinajstić information content (AvgIpc) is 3.57. The van der Waals surface area contributed by atoms with Crippen molar-refractivity contribution in [3.8, 4) is 0 Å². The van der Waals surface area contributed by atoms with Gasteiger partial charge >= 0.3 is 0 Å².